The Morgan fingerprint density at radius 1 is 0.328 bits per heavy atom. The number of hydrogen-bond acceptors (Lipinski definition) is 1. The largest absolute Gasteiger partial charge is 0.135 e. The molecule has 3 saturated carbocycles. The van der Waals surface area contributed by atoms with Crippen LogP contribution in [0.25, 0.3) is 96.6 Å². The average molecular weight is 761 g/mol. The van der Waals surface area contributed by atoms with Crippen LogP contribution in [0, 0.1) is 23.7 Å². The zero-order valence-corrected chi connectivity index (χ0v) is 33.4. The van der Waals surface area contributed by atoms with Crippen LogP contribution in [0.1, 0.15) is 50.0 Å². The fourth-order valence-electron chi connectivity index (χ4n) is 12.7. The molecular formula is C57H44S. The van der Waals surface area contributed by atoms with Gasteiger partial charge < -0.3 is 0 Å². The molecule has 0 amide bonds. The van der Waals surface area contributed by atoms with Crippen molar-refractivity contribution in [1.82, 2.24) is 0 Å². The van der Waals surface area contributed by atoms with Crippen molar-refractivity contribution in [3.63, 3.8) is 0 Å². The van der Waals surface area contributed by atoms with Crippen molar-refractivity contribution < 1.29 is 0 Å². The van der Waals surface area contributed by atoms with E-state index in [0.717, 1.165) is 23.7 Å². The average Bonchev–Trinajstić information content (AvgIpc) is 3.64. The maximum Gasteiger partial charge on any atom is 0.0361 e. The van der Waals surface area contributed by atoms with Crippen LogP contribution in [-0.4, -0.2) is 0 Å². The van der Waals surface area contributed by atoms with Crippen LogP contribution < -0.4 is 0 Å². The molecule has 0 saturated heterocycles. The molecule has 0 spiro atoms. The van der Waals surface area contributed by atoms with E-state index in [0.29, 0.717) is 5.92 Å². The predicted molar refractivity (Wildman–Crippen MR) is 250 cm³/mol. The van der Waals surface area contributed by atoms with E-state index in [1.54, 1.807) is 5.56 Å². The highest BCUT2D eigenvalue weighted by atomic mass is 32.1. The van der Waals surface area contributed by atoms with E-state index in [1.807, 2.05) is 11.3 Å². The summed E-state index contributed by atoms with van der Waals surface area (Å²) in [6, 6.07) is 62.3. The third kappa shape index (κ3) is 4.93. The lowest BCUT2D eigenvalue weighted by Crippen LogP contribution is -2.41. The molecule has 13 rings (SSSR count). The molecule has 1 heterocycles. The minimum absolute atomic E-state index is 0.662. The van der Waals surface area contributed by atoms with E-state index < -0.39 is 0 Å². The van der Waals surface area contributed by atoms with Gasteiger partial charge in [0.25, 0.3) is 0 Å². The Morgan fingerprint density at radius 2 is 0.845 bits per heavy atom. The van der Waals surface area contributed by atoms with Gasteiger partial charge in [-0.05, 0) is 162 Å². The van der Waals surface area contributed by atoms with Gasteiger partial charge >= 0.3 is 0 Å². The third-order valence-electron chi connectivity index (χ3n) is 15.0. The smallest absolute Gasteiger partial charge is 0.0361 e. The van der Waals surface area contributed by atoms with Crippen molar-refractivity contribution in [1.29, 1.82) is 0 Å². The normalized spacial score (nSPS) is 21.6. The number of benzene rings is 9. The van der Waals surface area contributed by atoms with Gasteiger partial charge in [-0.3, -0.25) is 0 Å². The van der Waals surface area contributed by atoms with Gasteiger partial charge in [0.15, 0.2) is 0 Å². The van der Waals surface area contributed by atoms with Gasteiger partial charge in [0.1, 0.15) is 0 Å². The van der Waals surface area contributed by atoms with Gasteiger partial charge in [0, 0.05) is 20.2 Å². The summed E-state index contributed by atoms with van der Waals surface area (Å²) in [5, 5.41) is 13.7. The van der Waals surface area contributed by atoms with Gasteiger partial charge in [0.2, 0.25) is 0 Å². The summed E-state index contributed by atoms with van der Waals surface area (Å²) in [5.41, 5.74) is 9.53. The monoisotopic (exact) mass is 760 g/mol. The van der Waals surface area contributed by atoms with Crippen LogP contribution in [0.5, 0.6) is 0 Å². The molecule has 0 nitrogen and oxygen atoms in total. The summed E-state index contributed by atoms with van der Waals surface area (Å²) < 4.78 is 2.69. The van der Waals surface area contributed by atoms with Gasteiger partial charge in [-0.15, -0.1) is 11.3 Å². The van der Waals surface area contributed by atoms with E-state index in [2.05, 4.69) is 164 Å². The predicted octanol–water partition coefficient (Wildman–Crippen LogP) is 16.6. The number of fused-ring (bicyclic) bond motifs is 9. The zero-order valence-electron chi connectivity index (χ0n) is 32.6. The van der Waals surface area contributed by atoms with Gasteiger partial charge in [0.05, 0.1) is 0 Å². The molecule has 3 bridgehead atoms. The van der Waals surface area contributed by atoms with Crippen LogP contribution in [0.2, 0.25) is 0 Å². The van der Waals surface area contributed by atoms with Crippen LogP contribution in [0.4, 0.5) is 0 Å². The van der Waals surface area contributed by atoms with Crippen LogP contribution in [-0.2, 0) is 0 Å². The Hall–Kier alpha value is -5.76. The molecule has 3 aliphatic rings. The Kier molecular flexibility index (Phi) is 7.38. The highest BCUT2D eigenvalue weighted by Gasteiger charge is 2.46. The minimum Gasteiger partial charge on any atom is -0.135 e. The first-order valence-electron chi connectivity index (χ1n) is 21.6. The summed E-state index contributed by atoms with van der Waals surface area (Å²) in [7, 11) is 0. The molecule has 5 atom stereocenters. The first-order valence-corrected chi connectivity index (χ1v) is 22.5. The van der Waals surface area contributed by atoms with Crippen LogP contribution in [0.3, 0.4) is 0 Å². The second-order valence-electron chi connectivity index (χ2n) is 17.9. The van der Waals surface area contributed by atoms with Crippen molar-refractivity contribution in [2.45, 2.75) is 44.4 Å². The van der Waals surface area contributed by atoms with E-state index in [-0.39, 0.29) is 0 Å². The molecule has 1 heteroatoms. The summed E-state index contributed by atoms with van der Waals surface area (Å²) in [6.07, 6.45) is 8.70. The van der Waals surface area contributed by atoms with E-state index >= 15 is 0 Å². The summed E-state index contributed by atoms with van der Waals surface area (Å²) in [4.78, 5) is 0. The first-order chi connectivity index (χ1) is 28.7. The van der Waals surface area contributed by atoms with Gasteiger partial charge in [-0.1, -0.05) is 152 Å². The topological polar surface area (TPSA) is 0 Å². The van der Waals surface area contributed by atoms with Gasteiger partial charge in [-0.2, -0.15) is 0 Å². The third-order valence-corrected chi connectivity index (χ3v) is 16.1. The van der Waals surface area contributed by atoms with Crippen molar-refractivity contribution in [3.05, 3.63) is 169 Å². The molecular weight excluding hydrogens is 717 g/mol. The maximum absolute atomic E-state index is 2.51. The molecule has 0 aliphatic heterocycles. The SMILES string of the molecule is c1ccc(-c2c3ccccc3c(-c3ccc4c(c3)sc3ccc(-c5c6ccccc6c(C6CC7CCC8CC7CC6C8)c6ccccc56)cc34)c3ccccc23)cc1. The second-order valence-corrected chi connectivity index (χ2v) is 19.0. The molecule has 9 aromatic carbocycles. The van der Waals surface area contributed by atoms with Crippen LogP contribution >= 0.6 is 11.3 Å². The summed E-state index contributed by atoms with van der Waals surface area (Å²) in [6.45, 7) is 0. The van der Waals surface area contributed by atoms with E-state index in [9.17, 15) is 0 Å². The lowest BCUT2D eigenvalue weighted by Gasteiger charge is -2.52. The summed E-state index contributed by atoms with van der Waals surface area (Å²) in [5.74, 6) is 4.34. The van der Waals surface area contributed by atoms with Crippen molar-refractivity contribution in [2.75, 3.05) is 0 Å². The lowest BCUT2D eigenvalue weighted by atomic mass is 9.53. The lowest BCUT2D eigenvalue weighted by molar-refractivity contribution is 0.0173. The fraction of sp³-hybridized carbons (Fsp3) is 0.193. The molecule has 10 aromatic rings. The quantitative estimate of drug-likeness (QED) is 0.157. The highest BCUT2D eigenvalue weighted by molar-refractivity contribution is 7.25. The minimum atomic E-state index is 0.662. The molecule has 5 unspecified atom stereocenters. The van der Waals surface area contributed by atoms with E-state index in [4.69, 9.17) is 0 Å². The Bertz CT molecular complexity index is 3160. The van der Waals surface area contributed by atoms with Crippen molar-refractivity contribution in [2.24, 2.45) is 23.7 Å². The van der Waals surface area contributed by atoms with Crippen molar-refractivity contribution >= 4 is 74.6 Å². The molecule has 3 fully saturated rings. The molecule has 0 radical (unpaired) electrons. The summed E-state index contributed by atoms with van der Waals surface area (Å²) >= 11 is 1.93. The molecule has 0 N–H and O–H groups in total. The maximum atomic E-state index is 2.51. The number of thiophene rings is 1. The fourth-order valence-corrected chi connectivity index (χ4v) is 13.8. The van der Waals surface area contributed by atoms with E-state index in [1.165, 1.54) is 135 Å². The zero-order chi connectivity index (χ0) is 37.9. The highest BCUT2D eigenvalue weighted by Crippen LogP contribution is 2.59. The Morgan fingerprint density at radius 3 is 1.48 bits per heavy atom. The first kappa shape index (κ1) is 33.2. The molecule has 278 valence electrons. The van der Waals surface area contributed by atoms with Gasteiger partial charge in [-0.25, -0.2) is 0 Å². The Labute approximate surface area is 343 Å². The number of rotatable bonds is 4. The molecule has 1 aromatic heterocycles. The standard InChI is InChI=1S/C57H44S/c1-2-12-35(13-3-1)54-42-14-4-6-16-44(42)56(45-17-7-5-15-43(45)54)38-24-26-41-51-32-37(25-27-52(51)58-53(41)33-38)55-46-18-8-10-20-48(46)57(49-21-11-9-19-47(49)55)50-31-36-23-22-34-28-39(36)30-40(50)29-34/h1-21,24-27,32-34,36,39-40,50H,22-23,28-31H2. The molecule has 3 aliphatic carbocycles. The second kappa shape index (κ2) is 12.9. The number of hydrogen-bond donors (Lipinski definition) is 0. The Balaban J connectivity index is 0.982. The van der Waals surface area contributed by atoms with Crippen molar-refractivity contribution in [3.8, 4) is 33.4 Å². The van der Waals surface area contributed by atoms with Crippen LogP contribution in [0.15, 0.2) is 164 Å². The molecule has 58 heavy (non-hydrogen) atoms.